The zero-order valence-electron chi connectivity index (χ0n) is 14.0. The average molecular weight is 335 g/mol. The number of carbonyl (C=O) groups excluding carboxylic acids is 1. The van der Waals surface area contributed by atoms with Crippen LogP contribution in [0.4, 0.5) is 4.39 Å². The standard InChI is InChI=1S/C20H18FN3O/c1-11-12(2)23-18-7-6-13(8-14(11)18)10-22-20(25)19-9-15-16(21)4-3-5-17(15)24-19/h3-9,23-24H,10H2,1-2H3,(H,22,25). The van der Waals surface area contributed by atoms with Gasteiger partial charge in [-0.05, 0) is 55.3 Å². The SMILES string of the molecule is Cc1[nH]c2ccc(CNC(=O)c3cc4c(F)cccc4[nH]3)cc2c1C. The molecule has 4 aromatic rings. The number of rotatable bonds is 3. The maximum Gasteiger partial charge on any atom is 0.267 e. The molecule has 0 saturated heterocycles. The Labute approximate surface area is 144 Å². The van der Waals surface area contributed by atoms with Crippen LogP contribution in [0, 0.1) is 19.7 Å². The van der Waals surface area contributed by atoms with E-state index in [1.165, 1.54) is 11.6 Å². The van der Waals surface area contributed by atoms with Gasteiger partial charge in [0.25, 0.3) is 5.91 Å². The lowest BCUT2D eigenvalue weighted by atomic mass is 10.1. The van der Waals surface area contributed by atoms with E-state index in [0.717, 1.165) is 22.2 Å². The van der Waals surface area contributed by atoms with Crippen LogP contribution in [0.3, 0.4) is 0 Å². The number of halogens is 1. The maximum atomic E-state index is 13.7. The third kappa shape index (κ3) is 2.67. The predicted octanol–water partition coefficient (Wildman–Crippen LogP) is 4.34. The minimum absolute atomic E-state index is 0.252. The largest absolute Gasteiger partial charge is 0.358 e. The normalized spacial score (nSPS) is 11.3. The van der Waals surface area contributed by atoms with Crippen LogP contribution in [-0.2, 0) is 6.54 Å². The first kappa shape index (κ1) is 15.4. The lowest BCUT2D eigenvalue weighted by Crippen LogP contribution is -2.23. The van der Waals surface area contributed by atoms with Crippen LogP contribution in [0.2, 0.25) is 0 Å². The Hall–Kier alpha value is -3.08. The molecule has 0 aliphatic carbocycles. The highest BCUT2D eigenvalue weighted by Gasteiger charge is 2.12. The Bertz CT molecular complexity index is 1110. The number of aromatic nitrogens is 2. The maximum absolute atomic E-state index is 13.7. The summed E-state index contributed by atoms with van der Waals surface area (Å²) in [7, 11) is 0. The van der Waals surface area contributed by atoms with Gasteiger partial charge in [0.05, 0.1) is 0 Å². The van der Waals surface area contributed by atoms with Crippen molar-refractivity contribution in [1.29, 1.82) is 0 Å². The Morgan fingerprint density at radius 3 is 2.64 bits per heavy atom. The van der Waals surface area contributed by atoms with Gasteiger partial charge in [-0.3, -0.25) is 4.79 Å². The van der Waals surface area contributed by atoms with Gasteiger partial charge < -0.3 is 15.3 Å². The van der Waals surface area contributed by atoms with E-state index in [1.807, 2.05) is 19.1 Å². The molecule has 0 saturated carbocycles. The molecule has 0 aliphatic heterocycles. The van der Waals surface area contributed by atoms with Crippen molar-refractivity contribution in [2.45, 2.75) is 20.4 Å². The molecular formula is C20H18FN3O. The zero-order chi connectivity index (χ0) is 17.6. The van der Waals surface area contributed by atoms with E-state index in [2.05, 4.69) is 28.3 Å². The quantitative estimate of drug-likeness (QED) is 0.512. The van der Waals surface area contributed by atoms with Crippen molar-refractivity contribution >= 4 is 27.7 Å². The van der Waals surface area contributed by atoms with E-state index < -0.39 is 0 Å². The topological polar surface area (TPSA) is 60.7 Å². The van der Waals surface area contributed by atoms with Gasteiger partial charge in [0, 0.05) is 34.0 Å². The number of aromatic amines is 2. The van der Waals surface area contributed by atoms with Crippen molar-refractivity contribution in [2.24, 2.45) is 0 Å². The van der Waals surface area contributed by atoms with Gasteiger partial charge in [-0.2, -0.15) is 0 Å². The first-order chi connectivity index (χ1) is 12.0. The zero-order valence-corrected chi connectivity index (χ0v) is 14.0. The smallest absolute Gasteiger partial charge is 0.267 e. The van der Waals surface area contributed by atoms with Crippen LogP contribution < -0.4 is 5.32 Å². The van der Waals surface area contributed by atoms with Crippen molar-refractivity contribution in [3.05, 3.63) is 70.8 Å². The molecular weight excluding hydrogens is 317 g/mol. The van der Waals surface area contributed by atoms with E-state index in [4.69, 9.17) is 0 Å². The Balaban J connectivity index is 1.54. The number of H-pyrrole nitrogens is 2. The Morgan fingerprint density at radius 1 is 1.04 bits per heavy atom. The molecule has 4 rings (SSSR count). The monoisotopic (exact) mass is 335 g/mol. The number of nitrogens with one attached hydrogen (secondary N) is 3. The lowest BCUT2D eigenvalue weighted by Gasteiger charge is -2.05. The Kier molecular flexibility index (Phi) is 3.57. The molecule has 0 bridgehead atoms. The molecule has 2 heterocycles. The molecule has 3 N–H and O–H groups in total. The van der Waals surface area contributed by atoms with Crippen LogP contribution in [0.25, 0.3) is 21.8 Å². The predicted molar refractivity (Wildman–Crippen MR) is 97.2 cm³/mol. The van der Waals surface area contributed by atoms with Gasteiger partial charge in [0.2, 0.25) is 0 Å². The molecule has 2 aromatic heterocycles. The minimum atomic E-state index is -0.337. The third-order valence-corrected chi connectivity index (χ3v) is 4.68. The number of benzene rings is 2. The van der Waals surface area contributed by atoms with Crippen molar-refractivity contribution in [3.63, 3.8) is 0 Å². The van der Waals surface area contributed by atoms with Gasteiger partial charge >= 0.3 is 0 Å². The van der Waals surface area contributed by atoms with Crippen molar-refractivity contribution in [2.75, 3.05) is 0 Å². The molecule has 25 heavy (non-hydrogen) atoms. The van der Waals surface area contributed by atoms with Crippen LogP contribution in [0.5, 0.6) is 0 Å². The molecule has 0 aliphatic rings. The number of fused-ring (bicyclic) bond motifs is 2. The van der Waals surface area contributed by atoms with Gasteiger partial charge in [-0.1, -0.05) is 12.1 Å². The molecule has 4 nitrogen and oxygen atoms in total. The fourth-order valence-corrected chi connectivity index (χ4v) is 3.14. The van der Waals surface area contributed by atoms with Crippen LogP contribution in [-0.4, -0.2) is 15.9 Å². The number of carbonyl (C=O) groups is 1. The second-order valence-corrected chi connectivity index (χ2v) is 6.32. The number of hydrogen-bond donors (Lipinski definition) is 3. The molecule has 2 aromatic carbocycles. The van der Waals surface area contributed by atoms with E-state index in [0.29, 0.717) is 23.1 Å². The molecule has 0 spiro atoms. The van der Waals surface area contributed by atoms with Gasteiger partial charge in [0.1, 0.15) is 11.5 Å². The summed E-state index contributed by atoms with van der Waals surface area (Å²) in [4.78, 5) is 18.7. The van der Waals surface area contributed by atoms with Gasteiger partial charge in [-0.25, -0.2) is 4.39 Å². The molecule has 0 radical (unpaired) electrons. The van der Waals surface area contributed by atoms with E-state index in [1.54, 1.807) is 18.2 Å². The average Bonchev–Trinajstić information content (AvgIpc) is 3.16. The van der Waals surface area contributed by atoms with E-state index in [-0.39, 0.29) is 11.7 Å². The van der Waals surface area contributed by atoms with E-state index >= 15 is 0 Å². The first-order valence-corrected chi connectivity index (χ1v) is 8.16. The second kappa shape index (κ2) is 5.77. The number of hydrogen-bond acceptors (Lipinski definition) is 1. The summed E-state index contributed by atoms with van der Waals surface area (Å²) in [5.41, 5.74) is 5.45. The Morgan fingerprint density at radius 2 is 1.84 bits per heavy atom. The molecule has 0 atom stereocenters. The summed E-state index contributed by atoms with van der Waals surface area (Å²) < 4.78 is 13.7. The highest BCUT2D eigenvalue weighted by atomic mass is 19.1. The van der Waals surface area contributed by atoms with E-state index in [9.17, 15) is 9.18 Å². The summed E-state index contributed by atoms with van der Waals surface area (Å²) in [6.07, 6.45) is 0. The molecule has 5 heteroatoms. The van der Waals surface area contributed by atoms with Crippen molar-refractivity contribution in [1.82, 2.24) is 15.3 Å². The highest BCUT2D eigenvalue weighted by molar-refractivity contribution is 5.98. The van der Waals surface area contributed by atoms with Gasteiger partial charge in [-0.15, -0.1) is 0 Å². The van der Waals surface area contributed by atoms with Gasteiger partial charge in [0.15, 0.2) is 0 Å². The van der Waals surface area contributed by atoms with Crippen molar-refractivity contribution in [3.8, 4) is 0 Å². The summed E-state index contributed by atoms with van der Waals surface area (Å²) >= 11 is 0. The molecule has 0 fully saturated rings. The molecule has 1 amide bonds. The summed E-state index contributed by atoms with van der Waals surface area (Å²) in [6, 6.07) is 12.4. The van der Waals surface area contributed by atoms with Crippen LogP contribution >= 0.6 is 0 Å². The summed E-state index contributed by atoms with van der Waals surface area (Å²) in [6.45, 7) is 4.54. The number of aryl methyl sites for hydroxylation is 2. The third-order valence-electron chi connectivity index (χ3n) is 4.68. The first-order valence-electron chi connectivity index (χ1n) is 8.16. The van der Waals surface area contributed by atoms with Crippen LogP contribution in [0.1, 0.15) is 27.3 Å². The molecule has 126 valence electrons. The summed E-state index contributed by atoms with van der Waals surface area (Å²) in [5, 5.41) is 4.47. The fraction of sp³-hybridized carbons (Fsp3) is 0.150. The van der Waals surface area contributed by atoms with Crippen molar-refractivity contribution < 1.29 is 9.18 Å². The number of amides is 1. The fourth-order valence-electron chi connectivity index (χ4n) is 3.14. The molecule has 0 unspecified atom stereocenters. The van der Waals surface area contributed by atoms with Crippen LogP contribution in [0.15, 0.2) is 42.5 Å². The highest BCUT2D eigenvalue weighted by Crippen LogP contribution is 2.22. The lowest BCUT2D eigenvalue weighted by molar-refractivity contribution is 0.0947. The second-order valence-electron chi connectivity index (χ2n) is 6.32. The minimum Gasteiger partial charge on any atom is -0.358 e. The summed E-state index contributed by atoms with van der Waals surface area (Å²) in [5.74, 6) is -0.589.